The van der Waals surface area contributed by atoms with E-state index in [1.54, 1.807) is 0 Å². The number of hydrogen-bond acceptors (Lipinski definition) is 21. The fourth-order valence-corrected chi connectivity index (χ4v) is 10.4. The first-order chi connectivity index (χ1) is 46.5. The second kappa shape index (κ2) is 32.8. The van der Waals surface area contributed by atoms with Crippen molar-refractivity contribution in [3.63, 3.8) is 0 Å². The first-order valence-electron chi connectivity index (χ1n) is 29.5. The summed E-state index contributed by atoms with van der Waals surface area (Å²) in [6.45, 7) is 11.1. The lowest BCUT2D eigenvalue weighted by atomic mass is 10.2. The number of pyridine rings is 6. The van der Waals surface area contributed by atoms with Gasteiger partial charge in [-0.3, -0.25) is 0 Å². The number of rotatable bonds is 10. The van der Waals surface area contributed by atoms with Crippen molar-refractivity contribution in [1.82, 2.24) is 4.98 Å². The Labute approximate surface area is 568 Å². The van der Waals surface area contributed by atoms with E-state index >= 15 is 0 Å². The van der Waals surface area contributed by atoms with Gasteiger partial charge in [-0.2, -0.15) is 88.7 Å². The standard InChI is InChI=1S/C50H60N11.5CHF3O3S/c1-2-22-52(21-1)41-11-31-57(32-12-41)46-47(58-33-13-42(14-34-58)53-23-3-4-24-53)49(60-37-17-44(18-38-60)55-27-7-8-28-55)51-50(61-39-19-45(20-40-61)56-29-9-10-30-56)48(46)59-35-15-43(16-36-59)54-25-5-6-26-54;5*2-1(3,4)8(5,6)7/h11-20,31-40H,1-10,21-30H2;5*(H,5,6,7)/q+5;;;;;/p-5. The lowest BCUT2D eigenvalue weighted by Gasteiger charge is -2.18. The summed E-state index contributed by atoms with van der Waals surface area (Å²) in [6, 6.07) is 22.8. The lowest BCUT2D eigenvalue weighted by Crippen LogP contribution is -2.51. The van der Waals surface area contributed by atoms with Crippen LogP contribution in [0.25, 0.3) is 28.7 Å². The second-order valence-electron chi connectivity index (χ2n) is 22.1. The molecule has 0 spiro atoms. The molecular weight excluding hydrogens is 1500 g/mol. The van der Waals surface area contributed by atoms with Crippen molar-refractivity contribution in [2.24, 2.45) is 0 Å². The van der Waals surface area contributed by atoms with Crippen LogP contribution in [-0.4, -0.2) is 163 Å². The number of halogens is 15. The van der Waals surface area contributed by atoms with Gasteiger partial charge >= 0.3 is 56.2 Å². The highest BCUT2D eigenvalue weighted by Gasteiger charge is 2.48. The van der Waals surface area contributed by atoms with E-state index in [9.17, 15) is 65.9 Å². The van der Waals surface area contributed by atoms with E-state index in [2.05, 4.69) is 170 Å². The summed E-state index contributed by atoms with van der Waals surface area (Å²) in [4.78, 5) is 18.3. The van der Waals surface area contributed by atoms with E-state index in [1.165, 1.54) is 92.6 Å². The zero-order chi connectivity index (χ0) is 75.5. The van der Waals surface area contributed by atoms with Gasteiger partial charge in [0.15, 0.2) is 87.8 Å². The Balaban J connectivity index is 0.000000326. The Bertz CT molecular complexity index is 3950. The van der Waals surface area contributed by atoms with E-state index in [1.807, 2.05) is 0 Å². The molecule has 11 heterocycles. The summed E-state index contributed by atoms with van der Waals surface area (Å²) in [7, 11) is -30.5. The zero-order valence-electron chi connectivity index (χ0n) is 51.9. The molecule has 560 valence electrons. The van der Waals surface area contributed by atoms with Crippen molar-refractivity contribution in [3.05, 3.63) is 123 Å². The highest BCUT2D eigenvalue weighted by atomic mass is 32.2. The fraction of sp³-hybridized carbons (Fsp3) is 0.455. The summed E-state index contributed by atoms with van der Waals surface area (Å²) in [5.41, 5.74) is -18.8. The Morgan fingerprint density at radius 3 is 0.525 bits per heavy atom. The molecule has 0 aromatic carbocycles. The van der Waals surface area contributed by atoms with Gasteiger partial charge in [-0.05, 0) is 64.2 Å². The van der Waals surface area contributed by atoms with Crippen molar-refractivity contribution < 1.29 is 154 Å². The minimum Gasteiger partial charge on any atom is -0.741 e. The van der Waals surface area contributed by atoms with Gasteiger partial charge in [0.2, 0.25) is 0 Å². The highest BCUT2D eigenvalue weighted by Crippen LogP contribution is 2.30. The molecule has 5 saturated heterocycles. The molecule has 101 heavy (non-hydrogen) atoms. The average Bonchev–Trinajstić information content (AvgIpc) is 1.12. The quantitative estimate of drug-likeness (QED) is 0.0684. The number of aromatic nitrogens is 6. The molecule has 6 aromatic rings. The predicted octanol–water partition coefficient (Wildman–Crippen LogP) is 5.72. The summed E-state index contributed by atoms with van der Waals surface area (Å²) < 4.78 is 306. The van der Waals surface area contributed by atoms with Crippen LogP contribution in [0.1, 0.15) is 64.2 Å². The van der Waals surface area contributed by atoms with Crippen LogP contribution >= 0.6 is 0 Å². The molecule has 0 atom stereocenters. The molecule has 0 N–H and O–H groups in total. The third-order valence-corrected chi connectivity index (χ3v) is 18.0. The summed E-state index contributed by atoms with van der Waals surface area (Å²) in [6.07, 6.45) is 34.9. The maximum atomic E-state index is 10.7. The van der Waals surface area contributed by atoms with Crippen LogP contribution in [0.15, 0.2) is 123 Å². The monoisotopic (exact) mass is 1560 g/mol. The molecule has 46 heteroatoms. The first kappa shape index (κ1) is 82.4. The van der Waals surface area contributed by atoms with Crippen LogP contribution in [0.5, 0.6) is 0 Å². The van der Waals surface area contributed by atoms with Crippen LogP contribution in [0.3, 0.4) is 0 Å². The third kappa shape index (κ3) is 22.7. The maximum Gasteiger partial charge on any atom is 0.485 e. The van der Waals surface area contributed by atoms with Crippen molar-refractivity contribution in [1.29, 1.82) is 0 Å². The van der Waals surface area contributed by atoms with Crippen LogP contribution in [0, 0.1) is 0 Å². The summed E-state index contributed by atoms with van der Waals surface area (Å²) in [5.74, 6) is 1.73. The predicted molar refractivity (Wildman–Crippen MR) is 318 cm³/mol. The Morgan fingerprint density at radius 2 is 0.386 bits per heavy atom. The van der Waals surface area contributed by atoms with Gasteiger partial charge < -0.3 is 47.3 Å². The molecule has 5 aliphatic heterocycles. The maximum absolute atomic E-state index is 10.7. The van der Waals surface area contributed by atoms with Gasteiger partial charge in [-0.1, -0.05) is 0 Å². The molecule has 0 saturated carbocycles. The van der Waals surface area contributed by atoms with Crippen LogP contribution in [-0.2, 0) is 50.6 Å². The molecule has 6 aromatic heterocycles. The Kier molecular flexibility index (Phi) is 26.7. The first-order valence-corrected chi connectivity index (χ1v) is 36.5. The Hall–Kier alpha value is -7.60. The van der Waals surface area contributed by atoms with Gasteiger partial charge in [0, 0.05) is 160 Å². The number of hydrogen-bond donors (Lipinski definition) is 0. The molecule has 0 aliphatic carbocycles. The van der Waals surface area contributed by atoms with Gasteiger partial charge in [0.1, 0.15) is 0 Å². The molecule has 26 nitrogen and oxygen atoms in total. The van der Waals surface area contributed by atoms with E-state index in [4.69, 9.17) is 69.8 Å². The molecule has 0 unspecified atom stereocenters. The SMILES string of the molecule is O=S(=O)([O-])C(F)(F)F.O=S(=O)([O-])C(F)(F)F.O=S(=O)([O-])C(F)(F)F.O=S(=O)([O-])C(F)(F)F.O=S(=O)([O-])C(F)(F)F.c1c[n+](-c2nc(-[n+]3ccc(N4CCCC4)cc3)c(-[n+]3ccc(N4CCCC4)cc3)c(-[n+]3ccc(N4CCCC4)cc3)c2-[n+]2ccc(N3CCCC3)cc2)ccc1N1CCCC1. The van der Waals surface area contributed by atoms with Crippen molar-refractivity contribution in [2.75, 3.05) is 89.9 Å². The van der Waals surface area contributed by atoms with Gasteiger partial charge in [-0.15, -0.1) is 0 Å². The van der Waals surface area contributed by atoms with Crippen LogP contribution in [0.2, 0.25) is 0 Å². The minimum absolute atomic E-state index is 0.863. The van der Waals surface area contributed by atoms with Gasteiger partial charge in [-0.25, -0.2) is 42.1 Å². The van der Waals surface area contributed by atoms with Crippen molar-refractivity contribution in [2.45, 2.75) is 91.7 Å². The normalized spacial score (nSPS) is 16.4. The number of alkyl halides is 15. The van der Waals surface area contributed by atoms with Gasteiger partial charge in [0.05, 0.1) is 24.8 Å². The molecule has 0 bridgehead atoms. The molecular formula is C55H60F15N11O15S5. The van der Waals surface area contributed by atoms with E-state index in [0.717, 1.165) is 94.1 Å². The molecule has 0 radical (unpaired) electrons. The van der Waals surface area contributed by atoms with Crippen LogP contribution in [0.4, 0.5) is 94.3 Å². The number of nitrogens with zero attached hydrogens (tertiary/aromatic N) is 11. The average molecular weight is 1560 g/mol. The third-order valence-electron chi connectivity index (χ3n) is 15.2. The molecule has 11 rings (SSSR count). The second-order valence-corrected chi connectivity index (χ2v) is 28.9. The largest absolute Gasteiger partial charge is 0.741 e. The van der Waals surface area contributed by atoms with Crippen molar-refractivity contribution >= 4 is 79.0 Å². The smallest absolute Gasteiger partial charge is 0.485 e. The molecule has 5 fully saturated rings. The van der Waals surface area contributed by atoms with E-state index < -0.39 is 78.1 Å². The molecule has 5 aliphatic rings. The van der Waals surface area contributed by atoms with E-state index in [0.29, 0.717) is 0 Å². The van der Waals surface area contributed by atoms with Gasteiger partial charge in [0.25, 0.3) is 0 Å². The van der Waals surface area contributed by atoms with E-state index in [-0.39, 0.29) is 0 Å². The van der Waals surface area contributed by atoms with Crippen molar-refractivity contribution in [3.8, 4) is 28.7 Å². The highest BCUT2D eigenvalue weighted by molar-refractivity contribution is 7.87. The minimum atomic E-state index is -6.09. The lowest BCUT2D eigenvalue weighted by molar-refractivity contribution is -0.673. The molecule has 0 amide bonds. The zero-order valence-corrected chi connectivity index (χ0v) is 56.0. The fourth-order valence-electron chi connectivity index (χ4n) is 10.4. The summed E-state index contributed by atoms with van der Waals surface area (Å²) in [5, 5.41) is 0. The number of anilines is 5. The topological polar surface area (TPSA) is 334 Å². The summed E-state index contributed by atoms with van der Waals surface area (Å²) >= 11 is 0. The van der Waals surface area contributed by atoms with Crippen LogP contribution < -0.4 is 47.3 Å². The Morgan fingerprint density at radius 1 is 0.257 bits per heavy atom.